The number of nitrogens with one attached hydrogen (secondary N) is 1. The first-order chi connectivity index (χ1) is 15.5. The molecule has 1 amide bonds. The zero-order valence-electron chi connectivity index (χ0n) is 17.2. The van der Waals surface area contributed by atoms with Crippen LogP contribution in [0.4, 0.5) is 0 Å². The summed E-state index contributed by atoms with van der Waals surface area (Å²) in [5.41, 5.74) is 3.58. The number of nitrogens with zero attached hydrogens (tertiary/aromatic N) is 1. The molecule has 0 aliphatic carbocycles. The predicted molar refractivity (Wildman–Crippen MR) is 121 cm³/mol. The van der Waals surface area contributed by atoms with Crippen LogP contribution in [0.1, 0.15) is 34.5 Å². The van der Waals surface area contributed by atoms with E-state index in [1.807, 2.05) is 0 Å². The molecule has 0 bridgehead atoms. The maximum atomic E-state index is 12.4. The second-order valence-corrected chi connectivity index (χ2v) is 6.96. The van der Waals surface area contributed by atoms with Crippen molar-refractivity contribution in [3.63, 3.8) is 0 Å². The summed E-state index contributed by atoms with van der Waals surface area (Å²) in [5, 5.41) is 14.2. The van der Waals surface area contributed by atoms with Gasteiger partial charge in [-0.15, -0.1) is 0 Å². The standard InChI is InChI=1S/C24H21ClN2O5/c1-2-31-21-14-16(15-26-27-23(29)22(28)17-8-4-3-5-9-17)12-13-20(21)32-24(30)18-10-6-7-11-19(18)25/h3-15,22,28H,2H2,1H3,(H,27,29)/b26-15-/t22-/m0/s1. The zero-order chi connectivity index (χ0) is 22.9. The Morgan fingerprint density at radius 2 is 1.78 bits per heavy atom. The first-order valence-corrected chi connectivity index (χ1v) is 10.2. The Hall–Kier alpha value is -3.68. The van der Waals surface area contributed by atoms with Crippen molar-refractivity contribution in [3.8, 4) is 11.5 Å². The lowest BCUT2D eigenvalue weighted by molar-refractivity contribution is -0.129. The van der Waals surface area contributed by atoms with E-state index in [-0.39, 0.29) is 16.3 Å². The second-order valence-electron chi connectivity index (χ2n) is 6.56. The summed E-state index contributed by atoms with van der Waals surface area (Å²) in [4.78, 5) is 24.5. The van der Waals surface area contributed by atoms with Gasteiger partial charge in [-0.1, -0.05) is 54.1 Å². The first-order valence-electron chi connectivity index (χ1n) is 9.79. The van der Waals surface area contributed by atoms with Crippen LogP contribution in [0.2, 0.25) is 5.02 Å². The fourth-order valence-electron chi connectivity index (χ4n) is 2.76. The predicted octanol–water partition coefficient (Wildman–Crippen LogP) is 4.14. The van der Waals surface area contributed by atoms with E-state index >= 15 is 0 Å². The highest BCUT2D eigenvalue weighted by Crippen LogP contribution is 2.29. The van der Waals surface area contributed by atoms with Gasteiger partial charge < -0.3 is 14.6 Å². The van der Waals surface area contributed by atoms with Crippen LogP contribution >= 0.6 is 11.6 Å². The number of benzene rings is 3. The van der Waals surface area contributed by atoms with Gasteiger partial charge in [0.25, 0.3) is 5.91 Å². The van der Waals surface area contributed by atoms with E-state index in [0.29, 0.717) is 23.5 Å². The van der Waals surface area contributed by atoms with Crippen LogP contribution < -0.4 is 14.9 Å². The van der Waals surface area contributed by atoms with E-state index < -0.39 is 18.0 Å². The van der Waals surface area contributed by atoms with Crippen molar-refractivity contribution in [2.75, 3.05) is 6.61 Å². The number of hydrazone groups is 1. The number of carbonyl (C=O) groups is 2. The van der Waals surface area contributed by atoms with Crippen LogP contribution in [0.5, 0.6) is 11.5 Å². The zero-order valence-corrected chi connectivity index (χ0v) is 18.0. The van der Waals surface area contributed by atoms with Crippen molar-refractivity contribution >= 4 is 29.7 Å². The molecule has 0 aromatic heterocycles. The normalized spacial score (nSPS) is 11.7. The highest BCUT2D eigenvalue weighted by molar-refractivity contribution is 6.33. The van der Waals surface area contributed by atoms with Gasteiger partial charge in [0.15, 0.2) is 17.6 Å². The third-order valence-corrected chi connectivity index (χ3v) is 4.65. The van der Waals surface area contributed by atoms with E-state index in [1.54, 1.807) is 79.7 Å². The molecule has 0 aliphatic rings. The number of aliphatic hydroxyl groups excluding tert-OH is 1. The number of ether oxygens (including phenoxy) is 2. The molecule has 164 valence electrons. The Bertz CT molecular complexity index is 1120. The molecule has 3 aromatic rings. The number of esters is 1. The number of rotatable bonds is 8. The smallest absolute Gasteiger partial charge is 0.345 e. The lowest BCUT2D eigenvalue weighted by Gasteiger charge is -2.12. The Kier molecular flexibility index (Phi) is 7.96. The summed E-state index contributed by atoms with van der Waals surface area (Å²) in [5.74, 6) is -0.729. The highest BCUT2D eigenvalue weighted by Gasteiger charge is 2.17. The summed E-state index contributed by atoms with van der Waals surface area (Å²) in [6, 6.07) is 19.9. The molecule has 0 spiro atoms. The van der Waals surface area contributed by atoms with Crippen molar-refractivity contribution in [2.45, 2.75) is 13.0 Å². The van der Waals surface area contributed by atoms with Crippen molar-refractivity contribution in [2.24, 2.45) is 5.10 Å². The van der Waals surface area contributed by atoms with Gasteiger partial charge >= 0.3 is 5.97 Å². The summed E-state index contributed by atoms with van der Waals surface area (Å²) >= 11 is 6.05. The Morgan fingerprint density at radius 1 is 1.06 bits per heavy atom. The largest absolute Gasteiger partial charge is 0.490 e. The molecule has 1 atom stereocenters. The average Bonchev–Trinajstić information content (AvgIpc) is 2.81. The lowest BCUT2D eigenvalue weighted by atomic mass is 10.1. The summed E-state index contributed by atoms with van der Waals surface area (Å²) in [6.07, 6.45) is 0.0524. The molecule has 0 saturated carbocycles. The molecule has 3 aromatic carbocycles. The van der Waals surface area contributed by atoms with Gasteiger partial charge in [0.05, 0.1) is 23.4 Å². The van der Waals surface area contributed by atoms with Gasteiger partial charge in [-0.3, -0.25) is 4.79 Å². The third-order valence-electron chi connectivity index (χ3n) is 4.32. The summed E-state index contributed by atoms with van der Waals surface area (Å²) in [6.45, 7) is 2.14. The fourth-order valence-corrected chi connectivity index (χ4v) is 2.97. The molecule has 0 unspecified atom stereocenters. The van der Waals surface area contributed by atoms with Gasteiger partial charge in [-0.05, 0) is 48.4 Å². The molecule has 3 rings (SSSR count). The Morgan fingerprint density at radius 3 is 2.50 bits per heavy atom. The van der Waals surface area contributed by atoms with E-state index in [0.717, 1.165) is 0 Å². The van der Waals surface area contributed by atoms with E-state index in [1.165, 1.54) is 6.21 Å². The minimum atomic E-state index is -1.33. The van der Waals surface area contributed by atoms with Crippen LogP contribution in [-0.2, 0) is 4.79 Å². The van der Waals surface area contributed by atoms with Crippen molar-refractivity contribution < 1.29 is 24.2 Å². The molecule has 0 aliphatic heterocycles. The SMILES string of the molecule is CCOc1cc(/C=N\NC(=O)[C@@H](O)c2ccccc2)ccc1OC(=O)c1ccccc1Cl. The third kappa shape index (κ3) is 5.94. The molecule has 7 nitrogen and oxygen atoms in total. The van der Waals surface area contributed by atoms with Crippen molar-refractivity contribution in [1.29, 1.82) is 0 Å². The number of amides is 1. The quantitative estimate of drug-likeness (QED) is 0.232. The van der Waals surface area contributed by atoms with E-state index in [9.17, 15) is 14.7 Å². The minimum absolute atomic E-state index is 0.220. The topological polar surface area (TPSA) is 97.2 Å². The molecule has 2 N–H and O–H groups in total. The van der Waals surface area contributed by atoms with E-state index in [2.05, 4.69) is 10.5 Å². The molecule has 0 fully saturated rings. The maximum absolute atomic E-state index is 12.4. The fraction of sp³-hybridized carbons (Fsp3) is 0.125. The van der Waals surface area contributed by atoms with Crippen LogP contribution in [0.25, 0.3) is 0 Å². The van der Waals surface area contributed by atoms with Crippen LogP contribution in [0.15, 0.2) is 77.9 Å². The average molecular weight is 453 g/mol. The lowest BCUT2D eigenvalue weighted by Crippen LogP contribution is -2.25. The number of carbonyl (C=O) groups excluding carboxylic acids is 2. The van der Waals surface area contributed by atoms with Gasteiger partial charge in [-0.25, -0.2) is 10.2 Å². The number of hydrogen-bond acceptors (Lipinski definition) is 6. The molecule has 8 heteroatoms. The first kappa shape index (κ1) is 23.0. The summed E-state index contributed by atoms with van der Waals surface area (Å²) in [7, 11) is 0. The molecule has 32 heavy (non-hydrogen) atoms. The maximum Gasteiger partial charge on any atom is 0.345 e. The Labute approximate surface area is 190 Å². The van der Waals surface area contributed by atoms with Crippen LogP contribution in [0.3, 0.4) is 0 Å². The Balaban J connectivity index is 1.69. The molecule has 0 radical (unpaired) electrons. The molecular formula is C24H21ClN2O5. The van der Waals surface area contributed by atoms with Crippen LogP contribution in [-0.4, -0.2) is 29.8 Å². The van der Waals surface area contributed by atoms with Gasteiger partial charge in [0.1, 0.15) is 0 Å². The molecular weight excluding hydrogens is 432 g/mol. The van der Waals surface area contributed by atoms with Gasteiger partial charge in [0.2, 0.25) is 0 Å². The number of aliphatic hydroxyl groups is 1. The minimum Gasteiger partial charge on any atom is -0.490 e. The van der Waals surface area contributed by atoms with Gasteiger partial charge in [0, 0.05) is 0 Å². The molecule has 0 heterocycles. The van der Waals surface area contributed by atoms with Crippen molar-refractivity contribution in [3.05, 3.63) is 94.5 Å². The van der Waals surface area contributed by atoms with E-state index in [4.69, 9.17) is 21.1 Å². The highest BCUT2D eigenvalue weighted by atomic mass is 35.5. The second kappa shape index (κ2) is 11.1. The monoisotopic (exact) mass is 452 g/mol. The van der Waals surface area contributed by atoms with Crippen LogP contribution in [0, 0.1) is 0 Å². The van der Waals surface area contributed by atoms with Gasteiger partial charge in [-0.2, -0.15) is 5.10 Å². The van der Waals surface area contributed by atoms with Crippen molar-refractivity contribution in [1.82, 2.24) is 5.43 Å². The molecule has 0 saturated heterocycles. The number of hydrogen-bond donors (Lipinski definition) is 2. The number of halogens is 1. The summed E-state index contributed by atoms with van der Waals surface area (Å²) < 4.78 is 11.0.